The molecule has 2 heterocycles. The predicted octanol–water partition coefficient (Wildman–Crippen LogP) is 2.09. The van der Waals surface area contributed by atoms with Crippen molar-refractivity contribution in [2.24, 2.45) is 0 Å². The fraction of sp³-hybridized carbons (Fsp3) is 0.615. The van der Waals surface area contributed by atoms with E-state index < -0.39 is 11.5 Å². The fourth-order valence-electron chi connectivity index (χ4n) is 2.44. The molecule has 1 saturated heterocycles. The van der Waals surface area contributed by atoms with Crippen molar-refractivity contribution in [2.45, 2.75) is 45.6 Å². The second-order valence-electron chi connectivity index (χ2n) is 5.02. The van der Waals surface area contributed by atoms with Crippen molar-refractivity contribution in [1.29, 1.82) is 0 Å². The van der Waals surface area contributed by atoms with E-state index in [1.54, 1.807) is 13.8 Å². The highest BCUT2D eigenvalue weighted by Gasteiger charge is 2.46. The van der Waals surface area contributed by atoms with Gasteiger partial charge in [0.25, 0.3) is 5.91 Å². The van der Waals surface area contributed by atoms with Crippen molar-refractivity contribution >= 4 is 23.2 Å². The molecule has 5 nitrogen and oxygen atoms in total. The molecule has 1 aliphatic rings. The summed E-state index contributed by atoms with van der Waals surface area (Å²) in [4.78, 5) is 30.4. The highest BCUT2D eigenvalue weighted by molar-refractivity contribution is 7.13. The fourth-order valence-corrected chi connectivity index (χ4v) is 3.39. The van der Waals surface area contributed by atoms with Crippen molar-refractivity contribution in [3.63, 3.8) is 0 Å². The van der Waals surface area contributed by atoms with Crippen LogP contribution in [-0.2, 0) is 11.2 Å². The molecule has 0 aromatic carbocycles. The zero-order valence-corrected chi connectivity index (χ0v) is 12.2. The van der Waals surface area contributed by atoms with Gasteiger partial charge in [0.15, 0.2) is 0 Å². The second-order valence-corrected chi connectivity index (χ2v) is 6.10. The summed E-state index contributed by atoms with van der Waals surface area (Å²) in [7, 11) is 0. The van der Waals surface area contributed by atoms with Gasteiger partial charge in [0.2, 0.25) is 0 Å². The van der Waals surface area contributed by atoms with Gasteiger partial charge in [-0.05, 0) is 33.1 Å². The van der Waals surface area contributed by atoms with Gasteiger partial charge in [0.1, 0.15) is 10.4 Å². The molecule has 0 spiro atoms. The maximum atomic E-state index is 12.6. The highest BCUT2D eigenvalue weighted by atomic mass is 32.1. The molecule has 0 aliphatic carbocycles. The largest absolute Gasteiger partial charge is 0.480 e. The summed E-state index contributed by atoms with van der Waals surface area (Å²) in [6, 6.07) is 0. The van der Waals surface area contributed by atoms with Crippen LogP contribution in [0.3, 0.4) is 0 Å². The minimum atomic E-state index is -1.08. The summed E-state index contributed by atoms with van der Waals surface area (Å²) in [5, 5.41) is 10.3. The van der Waals surface area contributed by atoms with Gasteiger partial charge >= 0.3 is 5.97 Å². The molecule has 19 heavy (non-hydrogen) atoms. The lowest BCUT2D eigenvalue weighted by molar-refractivity contribution is -0.147. The quantitative estimate of drug-likeness (QED) is 0.921. The van der Waals surface area contributed by atoms with Crippen LogP contribution in [0.5, 0.6) is 0 Å². The van der Waals surface area contributed by atoms with E-state index in [1.807, 2.05) is 6.92 Å². The van der Waals surface area contributed by atoms with Crippen molar-refractivity contribution in [2.75, 3.05) is 6.54 Å². The van der Waals surface area contributed by atoms with E-state index in [1.165, 1.54) is 16.2 Å². The summed E-state index contributed by atoms with van der Waals surface area (Å²) < 4.78 is 0. The first-order chi connectivity index (χ1) is 8.90. The summed E-state index contributed by atoms with van der Waals surface area (Å²) >= 11 is 1.37. The average Bonchev–Trinajstić information content (AvgIpc) is 2.93. The Morgan fingerprint density at radius 1 is 1.53 bits per heavy atom. The number of aromatic nitrogens is 1. The van der Waals surface area contributed by atoms with Gasteiger partial charge in [-0.15, -0.1) is 11.3 Å². The van der Waals surface area contributed by atoms with E-state index in [-0.39, 0.29) is 5.91 Å². The summed E-state index contributed by atoms with van der Waals surface area (Å²) in [6.45, 7) is 5.92. The number of nitrogens with zero attached hydrogens (tertiary/aromatic N) is 2. The molecule has 104 valence electrons. The first kappa shape index (κ1) is 14.0. The molecule has 1 fully saturated rings. The van der Waals surface area contributed by atoms with Gasteiger partial charge in [-0.2, -0.15) is 0 Å². The molecule has 1 aromatic rings. The molecule has 1 N–H and O–H groups in total. The van der Waals surface area contributed by atoms with Crippen molar-refractivity contribution in [3.8, 4) is 0 Å². The molecule has 0 bridgehead atoms. The lowest BCUT2D eigenvalue weighted by Crippen LogP contribution is -2.50. The Hall–Kier alpha value is -1.43. The third-order valence-electron chi connectivity index (χ3n) is 3.68. The number of aliphatic carboxylic acids is 1. The Morgan fingerprint density at radius 2 is 2.21 bits per heavy atom. The maximum Gasteiger partial charge on any atom is 0.329 e. The Balaban J connectivity index is 2.33. The van der Waals surface area contributed by atoms with E-state index >= 15 is 0 Å². The number of rotatable bonds is 3. The summed E-state index contributed by atoms with van der Waals surface area (Å²) in [5.74, 6) is -1.13. The molecule has 1 aliphatic heterocycles. The van der Waals surface area contributed by atoms with Gasteiger partial charge in [-0.25, -0.2) is 9.78 Å². The van der Waals surface area contributed by atoms with Gasteiger partial charge in [-0.1, -0.05) is 6.92 Å². The zero-order valence-electron chi connectivity index (χ0n) is 11.4. The van der Waals surface area contributed by atoms with Gasteiger partial charge < -0.3 is 10.0 Å². The minimum absolute atomic E-state index is 0.197. The molecule has 1 unspecified atom stereocenters. The lowest BCUT2D eigenvalue weighted by atomic mass is 9.99. The number of aryl methyl sites for hydroxylation is 2. The van der Waals surface area contributed by atoms with Crippen molar-refractivity contribution in [3.05, 3.63) is 15.6 Å². The number of carbonyl (C=O) groups is 2. The Morgan fingerprint density at radius 3 is 2.74 bits per heavy atom. The third kappa shape index (κ3) is 2.25. The third-order valence-corrected chi connectivity index (χ3v) is 4.97. The number of likely N-dealkylation sites (tertiary alicyclic amines) is 1. The monoisotopic (exact) mass is 282 g/mol. The van der Waals surface area contributed by atoms with E-state index in [0.717, 1.165) is 17.8 Å². The number of amides is 1. The van der Waals surface area contributed by atoms with Crippen LogP contribution in [0, 0.1) is 6.92 Å². The average molecular weight is 282 g/mol. The Bertz CT molecular complexity index is 526. The molecule has 1 atom stereocenters. The first-order valence-electron chi connectivity index (χ1n) is 6.41. The molecule has 2 rings (SSSR count). The van der Waals surface area contributed by atoms with Crippen LogP contribution in [0.2, 0.25) is 0 Å². The molecule has 0 saturated carbocycles. The number of carboxylic acid groups (broad SMARTS) is 1. The second kappa shape index (κ2) is 4.92. The smallest absolute Gasteiger partial charge is 0.329 e. The molecular formula is C13H18N2O3S. The maximum absolute atomic E-state index is 12.6. The lowest BCUT2D eigenvalue weighted by Gasteiger charge is -2.30. The number of thiazole rings is 1. The predicted molar refractivity (Wildman–Crippen MR) is 72.5 cm³/mol. The minimum Gasteiger partial charge on any atom is -0.480 e. The molecule has 0 radical (unpaired) electrons. The normalized spacial score (nSPS) is 22.8. The van der Waals surface area contributed by atoms with E-state index in [0.29, 0.717) is 23.5 Å². The zero-order chi connectivity index (χ0) is 14.2. The topological polar surface area (TPSA) is 70.5 Å². The van der Waals surface area contributed by atoms with E-state index in [4.69, 9.17) is 0 Å². The van der Waals surface area contributed by atoms with Crippen molar-refractivity contribution in [1.82, 2.24) is 9.88 Å². The highest BCUT2D eigenvalue weighted by Crippen LogP contribution is 2.32. The van der Waals surface area contributed by atoms with Crippen LogP contribution in [0.15, 0.2) is 0 Å². The summed E-state index contributed by atoms with van der Waals surface area (Å²) in [6.07, 6.45) is 2.02. The standard InChI is InChI=1S/C13H18N2O3S/c1-4-9-14-8(2)10(19-9)11(16)15-7-5-6-13(15,3)12(17)18/h4-7H2,1-3H3,(H,17,18). The Kier molecular flexibility index (Phi) is 3.62. The molecular weight excluding hydrogens is 264 g/mol. The van der Waals surface area contributed by atoms with Crippen LogP contribution in [-0.4, -0.2) is 39.0 Å². The van der Waals surface area contributed by atoms with Crippen LogP contribution in [0.25, 0.3) is 0 Å². The first-order valence-corrected chi connectivity index (χ1v) is 7.23. The molecule has 1 aromatic heterocycles. The van der Waals surface area contributed by atoms with Gasteiger partial charge in [0, 0.05) is 6.54 Å². The SMILES string of the molecule is CCc1nc(C)c(C(=O)N2CCCC2(C)C(=O)O)s1. The number of hydrogen-bond acceptors (Lipinski definition) is 4. The number of carboxylic acids is 1. The van der Waals surface area contributed by atoms with Crippen molar-refractivity contribution < 1.29 is 14.7 Å². The van der Waals surface area contributed by atoms with Crippen LogP contribution >= 0.6 is 11.3 Å². The number of hydrogen-bond donors (Lipinski definition) is 1. The summed E-state index contributed by atoms with van der Waals surface area (Å²) in [5.41, 5.74) is -0.383. The number of carbonyl (C=O) groups excluding carboxylic acids is 1. The van der Waals surface area contributed by atoms with Crippen LogP contribution < -0.4 is 0 Å². The van der Waals surface area contributed by atoms with Crippen LogP contribution in [0.1, 0.15) is 47.1 Å². The molecule has 6 heteroatoms. The van der Waals surface area contributed by atoms with Gasteiger partial charge in [-0.3, -0.25) is 4.79 Å². The van der Waals surface area contributed by atoms with Gasteiger partial charge in [0.05, 0.1) is 10.7 Å². The molecule has 1 amide bonds. The van der Waals surface area contributed by atoms with Crippen LogP contribution in [0.4, 0.5) is 0 Å². The van der Waals surface area contributed by atoms with E-state index in [9.17, 15) is 14.7 Å². The van der Waals surface area contributed by atoms with E-state index in [2.05, 4.69) is 4.98 Å². The Labute approximate surface area is 116 Å².